The number of rotatable bonds is 8. The van der Waals surface area contributed by atoms with Crippen LogP contribution in [0.25, 0.3) is 33.6 Å². The van der Waals surface area contributed by atoms with Crippen LogP contribution < -0.4 is 15.4 Å². The van der Waals surface area contributed by atoms with Crippen molar-refractivity contribution in [2.24, 2.45) is 0 Å². The number of nitrogens with one attached hydrogen (secondary N) is 2. The summed E-state index contributed by atoms with van der Waals surface area (Å²) in [5.41, 5.74) is 6.21. The molecule has 0 bridgehead atoms. The molecule has 0 unspecified atom stereocenters. The lowest BCUT2D eigenvalue weighted by atomic mass is 9.93. The minimum atomic E-state index is -0.601. The number of amides is 2. The van der Waals surface area contributed by atoms with Gasteiger partial charge in [0.2, 0.25) is 11.8 Å². The van der Waals surface area contributed by atoms with Gasteiger partial charge in [-0.15, -0.1) is 0 Å². The van der Waals surface area contributed by atoms with Crippen LogP contribution in [0.15, 0.2) is 60.7 Å². The first-order chi connectivity index (χ1) is 21.8. The Morgan fingerprint density at radius 1 is 0.867 bits per heavy atom. The molecule has 0 spiro atoms. The van der Waals surface area contributed by atoms with Crippen LogP contribution in [0.5, 0.6) is 5.88 Å². The first-order valence-electron chi connectivity index (χ1n) is 14.7. The lowest BCUT2D eigenvalue weighted by Crippen LogP contribution is -2.38. The van der Waals surface area contributed by atoms with Crippen LogP contribution in [0, 0.1) is 0 Å². The average molecular weight is 646 g/mol. The second-order valence-electron chi connectivity index (χ2n) is 10.9. The highest BCUT2D eigenvalue weighted by molar-refractivity contribution is 6.39. The summed E-state index contributed by atoms with van der Waals surface area (Å²) < 4.78 is 10.9. The number of ketones is 1. The summed E-state index contributed by atoms with van der Waals surface area (Å²) in [6, 6.07) is 18.5. The zero-order valence-corrected chi connectivity index (χ0v) is 26.0. The van der Waals surface area contributed by atoms with Crippen molar-refractivity contribution in [3.05, 3.63) is 87.5 Å². The lowest BCUT2D eigenvalue weighted by Gasteiger charge is -2.17. The van der Waals surface area contributed by atoms with E-state index in [1.165, 1.54) is 7.11 Å². The normalized spacial score (nSPS) is 15.8. The van der Waals surface area contributed by atoms with Gasteiger partial charge in [0.15, 0.2) is 5.78 Å². The molecule has 230 valence electrons. The van der Waals surface area contributed by atoms with Gasteiger partial charge in [-0.05, 0) is 43.5 Å². The molecule has 2 aliphatic rings. The summed E-state index contributed by atoms with van der Waals surface area (Å²) in [6.07, 6.45) is 2.64. The minimum absolute atomic E-state index is 0.0182. The number of carbonyl (C=O) groups is 3. The quantitative estimate of drug-likeness (QED) is 0.216. The van der Waals surface area contributed by atoms with E-state index < -0.39 is 6.09 Å². The van der Waals surface area contributed by atoms with Crippen molar-refractivity contribution in [2.75, 3.05) is 13.7 Å². The van der Waals surface area contributed by atoms with E-state index in [1.807, 2.05) is 48.5 Å². The molecule has 6 rings (SSSR count). The molecule has 11 heteroatoms. The van der Waals surface area contributed by atoms with Gasteiger partial charge in [-0.2, -0.15) is 0 Å². The zero-order valence-electron chi connectivity index (χ0n) is 24.5. The van der Waals surface area contributed by atoms with E-state index in [9.17, 15) is 14.4 Å². The summed E-state index contributed by atoms with van der Waals surface area (Å²) in [5, 5.41) is 6.42. The van der Waals surface area contributed by atoms with Gasteiger partial charge in [0.1, 0.15) is 6.61 Å². The predicted octanol–water partition coefficient (Wildman–Crippen LogP) is 6.82. The van der Waals surface area contributed by atoms with E-state index in [1.54, 1.807) is 12.1 Å². The van der Waals surface area contributed by atoms with E-state index in [0.29, 0.717) is 69.8 Å². The monoisotopic (exact) mass is 644 g/mol. The van der Waals surface area contributed by atoms with Crippen molar-refractivity contribution >= 4 is 41.0 Å². The molecule has 2 aromatic heterocycles. The Morgan fingerprint density at radius 2 is 1.53 bits per heavy atom. The molecule has 9 nitrogen and oxygen atoms in total. The van der Waals surface area contributed by atoms with Crippen molar-refractivity contribution in [1.29, 1.82) is 0 Å². The van der Waals surface area contributed by atoms with Crippen LogP contribution in [-0.4, -0.2) is 47.4 Å². The Hall–Kier alpha value is -4.47. The second-order valence-corrected chi connectivity index (χ2v) is 11.7. The number of benzene rings is 2. The number of Topliss-reactive ketones (excluding diaryl/α,β-unsaturated/α-hetero) is 1. The van der Waals surface area contributed by atoms with Crippen LogP contribution >= 0.6 is 23.2 Å². The number of hydrogen-bond donors (Lipinski definition) is 2. The van der Waals surface area contributed by atoms with Gasteiger partial charge in [-0.25, -0.2) is 9.78 Å². The fourth-order valence-electron chi connectivity index (χ4n) is 5.66. The van der Waals surface area contributed by atoms with Crippen LogP contribution in [-0.2, 0) is 22.6 Å². The molecular formula is C34H30Cl2N4O5. The van der Waals surface area contributed by atoms with Gasteiger partial charge >= 0.3 is 6.09 Å². The van der Waals surface area contributed by atoms with Crippen molar-refractivity contribution in [2.45, 2.75) is 44.8 Å². The lowest BCUT2D eigenvalue weighted by molar-refractivity contribution is -0.119. The van der Waals surface area contributed by atoms with Gasteiger partial charge in [-0.1, -0.05) is 59.6 Å². The molecule has 1 fully saturated rings. The number of nitrogens with zero attached hydrogens (tertiary/aromatic N) is 2. The molecule has 2 amide bonds. The number of ether oxygens (including phenoxy) is 2. The van der Waals surface area contributed by atoms with Crippen LogP contribution in [0.1, 0.15) is 47.3 Å². The molecule has 1 saturated heterocycles. The summed E-state index contributed by atoms with van der Waals surface area (Å²) in [6.45, 7) is 0.242. The number of fused-ring (bicyclic) bond motifs is 1. The molecule has 1 aliphatic heterocycles. The zero-order chi connectivity index (χ0) is 31.5. The number of halogens is 2. The second kappa shape index (κ2) is 13.3. The van der Waals surface area contributed by atoms with Crippen molar-refractivity contribution < 1.29 is 23.9 Å². The van der Waals surface area contributed by atoms with Gasteiger partial charge in [-0.3, -0.25) is 14.6 Å². The molecule has 0 saturated carbocycles. The highest BCUT2D eigenvalue weighted by Crippen LogP contribution is 2.42. The van der Waals surface area contributed by atoms with Crippen molar-refractivity contribution in [3.8, 4) is 39.5 Å². The molecule has 1 atom stereocenters. The molecule has 4 aromatic rings. The number of alkyl carbamates (subject to hydrolysis) is 1. The average Bonchev–Trinajstić information content (AvgIpc) is 3.48. The van der Waals surface area contributed by atoms with Crippen molar-refractivity contribution in [1.82, 2.24) is 20.6 Å². The predicted molar refractivity (Wildman–Crippen MR) is 172 cm³/mol. The number of carbonyl (C=O) groups excluding carboxylic acids is 3. The molecule has 3 heterocycles. The molecule has 2 aromatic carbocycles. The number of aryl methyl sites for hydroxylation is 1. The molecule has 45 heavy (non-hydrogen) atoms. The Kier molecular flexibility index (Phi) is 9.00. The molecule has 0 radical (unpaired) electrons. The summed E-state index contributed by atoms with van der Waals surface area (Å²) in [4.78, 5) is 45.3. The Morgan fingerprint density at radius 3 is 2.20 bits per heavy atom. The smallest absolute Gasteiger partial charge is 0.407 e. The van der Waals surface area contributed by atoms with E-state index >= 15 is 0 Å². The van der Waals surface area contributed by atoms with Crippen LogP contribution in [0.2, 0.25) is 10.0 Å². The third-order valence-corrected chi connectivity index (χ3v) is 8.81. The van der Waals surface area contributed by atoms with Crippen LogP contribution in [0.3, 0.4) is 0 Å². The van der Waals surface area contributed by atoms with Crippen molar-refractivity contribution in [3.63, 3.8) is 0 Å². The highest BCUT2D eigenvalue weighted by atomic mass is 35.5. The van der Waals surface area contributed by atoms with E-state index in [0.717, 1.165) is 35.2 Å². The Bertz CT molecular complexity index is 1810. The maximum absolute atomic E-state index is 12.3. The SMILES string of the molecule is COc1nc(-c2cccc(-c3cccc(-c4ccc5c(n4)CCCC5=O)c3Cl)c2Cl)ccc1COC(=O)NC[C@@H]1CCC(=O)N1. The number of pyridine rings is 2. The van der Waals surface area contributed by atoms with Crippen LogP contribution in [0.4, 0.5) is 4.79 Å². The Balaban J connectivity index is 1.22. The fourth-order valence-corrected chi connectivity index (χ4v) is 6.31. The summed E-state index contributed by atoms with van der Waals surface area (Å²) >= 11 is 14.0. The standard InChI is InChI=1S/C34H30Cl2N4O5/c1-44-33-19(18-45-34(43)37-17-20-12-16-30(42)38-20)11-14-28(40-33)25-8-3-6-22(32(25)36)21-5-2-7-24(31(21)35)27-15-13-23-26(39-27)9-4-10-29(23)41/h2-3,5-8,11,13-15,20H,4,9-10,12,16-18H2,1H3,(H,37,43)(H,38,42)/t20-/m0/s1. The Labute approximate surface area is 270 Å². The minimum Gasteiger partial charge on any atom is -0.481 e. The number of hydrogen-bond acceptors (Lipinski definition) is 7. The maximum atomic E-state index is 12.3. The van der Waals surface area contributed by atoms with Gasteiger partial charge in [0, 0.05) is 53.2 Å². The van der Waals surface area contributed by atoms with Gasteiger partial charge in [0.05, 0.1) is 39.8 Å². The maximum Gasteiger partial charge on any atom is 0.407 e. The largest absolute Gasteiger partial charge is 0.481 e. The number of aromatic nitrogens is 2. The fraction of sp³-hybridized carbons (Fsp3) is 0.265. The molecule has 1 aliphatic carbocycles. The molecular weight excluding hydrogens is 615 g/mol. The summed E-state index contributed by atoms with van der Waals surface area (Å²) in [7, 11) is 1.49. The highest BCUT2D eigenvalue weighted by Gasteiger charge is 2.23. The number of methoxy groups -OCH3 is 1. The van der Waals surface area contributed by atoms with Gasteiger partial charge < -0.3 is 20.1 Å². The third kappa shape index (κ3) is 6.50. The first kappa shape index (κ1) is 30.6. The topological polar surface area (TPSA) is 120 Å². The van der Waals surface area contributed by atoms with E-state index in [-0.39, 0.29) is 24.3 Å². The van der Waals surface area contributed by atoms with Gasteiger partial charge in [0.25, 0.3) is 0 Å². The summed E-state index contributed by atoms with van der Waals surface area (Å²) in [5.74, 6) is 0.402. The molecule has 2 N–H and O–H groups in total. The van der Waals surface area contributed by atoms with E-state index in [4.69, 9.17) is 37.7 Å². The van der Waals surface area contributed by atoms with E-state index in [2.05, 4.69) is 15.6 Å². The first-order valence-corrected chi connectivity index (χ1v) is 15.4. The third-order valence-electron chi connectivity index (χ3n) is 8.00.